The molecule has 274 valence electrons. The van der Waals surface area contributed by atoms with Crippen LogP contribution >= 0.6 is 158 Å². The van der Waals surface area contributed by atoms with Crippen molar-refractivity contribution in [3.63, 3.8) is 0 Å². The number of alkyl halides is 3. The first-order valence-electron chi connectivity index (χ1n) is 14.6. The van der Waals surface area contributed by atoms with Crippen molar-refractivity contribution in [1.29, 1.82) is 0 Å². The minimum Gasteiger partial charge on any atom is -0.458 e. The monoisotopic (exact) mass is 1490 g/mol. The van der Waals surface area contributed by atoms with E-state index in [4.69, 9.17) is 18.9 Å². The van der Waals surface area contributed by atoms with Crippen LogP contribution in [0.2, 0.25) is 0 Å². The molecule has 1 aliphatic carbocycles. The number of esters is 4. The number of aryl methyl sites for hydroxylation is 2. The summed E-state index contributed by atoms with van der Waals surface area (Å²) >= 11 is 14.2. The highest BCUT2D eigenvalue weighted by atomic mass is 127. The van der Waals surface area contributed by atoms with Crippen LogP contribution in [0.1, 0.15) is 62.0 Å². The quantitative estimate of drug-likeness (QED) is 0.0951. The van der Waals surface area contributed by atoms with Crippen molar-refractivity contribution >= 4 is 182 Å². The first-order valence-corrected chi connectivity index (χ1v) is 22.2. The van der Waals surface area contributed by atoms with E-state index in [-0.39, 0.29) is 29.5 Å². The van der Waals surface area contributed by atoms with Gasteiger partial charge < -0.3 is 18.9 Å². The van der Waals surface area contributed by atoms with Gasteiger partial charge in [-0.05, 0) is 226 Å². The topological polar surface area (TPSA) is 105 Å². The van der Waals surface area contributed by atoms with Crippen LogP contribution in [0.4, 0.5) is 13.2 Å². The van der Waals surface area contributed by atoms with Crippen molar-refractivity contribution in [3.05, 3.63) is 89.2 Å². The average Bonchev–Trinajstić information content (AvgIpc) is 3.01. The minimum absolute atomic E-state index is 0.156. The summed E-state index contributed by atoms with van der Waals surface area (Å²) in [5.74, 6) is -5.53. The molecule has 0 amide bonds. The van der Waals surface area contributed by atoms with Crippen LogP contribution in [-0.2, 0) is 23.7 Å². The zero-order chi connectivity index (χ0) is 38.1. The van der Waals surface area contributed by atoms with Gasteiger partial charge in [-0.15, -0.1) is 0 Å². The highest BCUT2D eigenvalue weighted by Gasteiger charge is 2.51. The fraction of sp³-hybridized carbons (Fsp3) is 0.333. The molecule has 0 N–H and O–H groups in total. The third kappa shape index (κ3) is 11.3. The largest absolute Gasteiger partial charge is 0.458 e. The van der Waals surface area contributed by atoms with Gasteiger partial charge in [-0.25, -0.2) is 14.4 Å². The second-order valence-corrected chi connectivity index (χ2v) is 19.5. The summed E-state index contributed by atoms with van der Waals surface area (Å²) in [5.41, 5.74) is 2.14. The lowest BCUT2D eigenvalue weighted by molar-refractivity contribution is -0.224. The molecule has 51 heavy (non-hydrogen) atoms. The Bertz CT molecular complexity index is 1810. The number of carbonyl (C=O) groups is 4. The van der Waals surface area contributed by atoms with Crippen LogP contribution in [0.5, 0.6) is 0 Å². The molecule has 3 aromatic rings. The third-order valence-electron chi connectivity index (χ3n) is 7.61. The Hall–Kier alpha value is 0.440. The van der Waals surface area contributed by atoms with Crippen LogP contribution in [0.15, 0.2) is 36.4 Å². The summed E-state index contributed by atoms with van der Waals surface area (Å²) in [5, 5.41) is 0. The van der Waals surface area contributed by atoms with Gasteiger partial charge in [0, 0.05) is 37.8 Å². The van der Waals surface area contributed by atoms with Crippen molar-refractivity contribution in [2.45, 2.75) is 64.2 Å². The molecular formula is C33H24F3I7O8. The summed E-state index contributed by atoms with van der Waals surface area (Å²) in [7, 11) is 0. The predicted molar refractivity (Wildman–Crippen MR) is 240 cm³/mol. The predicted octanol–water partition coefficient (Wildman–Crippen LogP) is 10.4. The molecule has 3 aromatic carbocycles. The molecule has 0 saturated heterocycles. The van der Waals surface area contributed by atoms with Crippen molar-refractivity contribution in [1.82, 2.24) is 0 Å². The molecule has 0 bridgehead atoms. The number of hydrogen-bond acceptors (Lipinski definition) is 8. The lowest BCUT2D eigenvalue weighted by Gasteiger charge is -2.39. The molecule has 5 unspecified atom stereocenters. The van der Waals surface area contributed by atoms with Gasteiger partial charge in [0.05, 0.1) is 16.7 Å². The van der Waals surface area contributed by atoms with E-state index in [1.54, 1.807) is 25.1 Å². The molecule has 0 aliphatic heterocycles. The molecule has 0 spiro atoms. The normalized spacial score (nSPS) is 19.5. The summed E-state index contributed by atoms with van der Waals surface area (Å²) in [4.78, 5) is 54.8. The summed E-state index contributed by atoms with van der Waals surface area (Å²) in [6, 6.07) is 10.4. The van der Waals surface area contributed by atoms with Gasteiger partial charge in [0.15, 0.2) is 6.10 Å². The Morgan fingerprint density at radius 1 is 0.647 bits per heavy atom. The first kappa shape index (κ1) is 44.2. The van der Waals surface area contributed by atoms with Gasteiger partial charge in [-0.1, -0.05) is 0 Å². The molecule has 18 heteroatoms. The number of ether oxygens (including phenoxy) is 4. The van der Waals surface area contributed by atoms with E-state index in [0.29, 0.717) is 21.2 Å². The number of carbonyl (C=O) groups excluding carboxylic acids is 4. The Morgan fingerprint density at radius 2 is 1.04 bits per heavy atom. The number of hydrogen-bond donors (Lipinski definition) is 0. The van der Waals surface area contributed by atoms with Gasteiger partial charge in [-0.2, -0.15) is 13.2 Å². The van der Waals surface area contributed by atoms with E-state index in [2.05, 4.69) is 67.8 Å². The average molecular weight is 1490 g/mol. The van der Waals surface area contributed by atoms with E-state index in [1.807, 2.05) is 115 Å². The molecule has 1 aliphatic rings. The van der Waals surface area contributed by atoms with E-state index >= 15 is 0 Å². The Balaban J connectivity index is 1.80. The highest BCUT2D eigenvalue weighted by Crippen LogP contribution is 2.37. The molecule has 1 saturated carbocycles. The molecule has 4 rings (SSSR count). The zero-order valence-corrected chi connectivity index (χ0v) is 41.4. The van der Waals surface area contributed by atoms with E-state index in [0.717, 1.165) is 21.8 Å². The van der Waals surface area contributed by atoms with Crippen LogP contribution < -0.4 is 0 Å². The van der Waals surface area contributed by atoms with Crippen molar-refractivity contribution in [3.8, 4) is 0 Å². The maximum absolute atomic E-state index is 13.7. The summed E-state index contributed by atoms with van der Waals surface area (Å²) in [6.07, 6.45) is -12.1. The van der Waals surface area contributed by atoms with Crippen LogP contribution in [0, 0.1) is 44.8 Å². The second-order valence-electron chi connectivity index (χ2n) is 11.5. The van der Waals surface area contributed by atoms with Gasteiger partial charge >= 0.3 is 30.1 Å². The highest BCUT2D eigenvalue weighted by molar-refractivity contribution is 14.1. The fourth-order valence-electron chi connectivity index (χ4n) is 5.18. The SMILES string of the molecule is Cc1cc(I)c(I)c(C(=O)OC2CC(OC(=O)c3cc(C)cc(I)c3I)C(C(=O)OC(C)C(F)(F)F)C(OC(=O)c3cc(I)cc(I)c3I)C2)c1. The molecule has 0 aromatic heterocycles. The Labute approximate surface area is 386 Å². The molecule has 0 heterocycles. The molecular weight excluding hydrogens is 1470 g/mol. The lowest BCUT2D eigenvalue weighted by atomic mass is 9.81. The maximum atomic E-state index is 13.7. The smallest absolute Gasteiger partial charge is 0.425 e. The van der Waals surface area contributed by atoms with Gasteiger partial charge in [0.25, 0.3) is 0 Å². The molecule has 5 atom stereocenters. The van der Waals surface area contributed by atoms with Crippen molar-refractivity contribution in [2.24, 2.45) is 5.92 Å². The minimum atomic E-state index is -4.90. The molecule has 1 fully saturated rings. The van der Waals surface area contributed by atoms with Gasteiger partial charge in [-0.3, -0.25) is 4.79 Å². The summed E-state index contributed by atoms with van der Waals surface area (Å²) < 4.78 is 68.2. The van der Waals surface area contributed by atoms with E-state index in [9.17, 15) is 32.3 Å². The Kier molecular flexibility index (Phi) is 16.1. The van der Waals surface area contributed by atoms with Crippen LogP contribution in [0.25, 0.3) is 0 Å². The van der Waals surface area contributed by atoms with Gasteiger partial charge in [0.2, 0.25) is 0 Å². The van der Waals surface area contributed by atoms with Crippen LogP contribution in [0.3, 0.4) is 0 Å². The van der Waals surface area contributed by atoms with E-state index < -0.39 is 60.4 Å². The molecule has 0 radical (unpaired) electrons. The number of benzene rings is 3. The first-order chi connectivity index (χ1) is 23.7. The third-order valence-corrected chi connectivity index (χ3v) is 17.4. The van der Waals surface area contributed by atoms with E-state index in [1.165, 1.54) is 0 Å². The Morgan fingerprint density at radius 3 is 1.47 bits per heavy atom. The molecule has 8 nitrogen and oxygen atoms in total. The van der Waals surface area contributed by atoms with Crippen LogP contribution in [-0.4, -0.2) is 54.5 Å². The standard InChI is InChI=1S/C33H24F3I7O8/c1-12-4-17(26(41)20(38)6-12)29(44)49-16-10-23(50-30(45)18-5-13(2)7-21(39)27(18)42)25(32(47)48-14(3)33(34,35)36)24(11-16)51-31(46)19-8-15(37)9-22(40)28(19)43/h4-9,14,16,23-25H,10-11H2,1-3H3. The van der Waals surface area contributed by atoms with Crippen molar-refractivity contribution < 1.29 is 51.3 Å². The maximum Gasteiger partial charge on any atom is 0.425 e. The summed E-state index contributed by atoms with van der Waals surface area (Å²) in [6.45, 7) is 4.27. The fourth-order valence-corrected chi connectivity index (χ4v) is 10.2. The van der Waals surface area contributed by atoms with Gasteiger partial charge in [0.1, 0.15) is 24.2 Å². The number of halogens is 10. The van der Waals surface area contributed by atoms with Crippen molar-refractivity contribution in [2.75, 3.05) is 0 Å². The zero-order valence-electron chi connectivity index (χ0n) is 26.3. The number of rotatable bonds is 8. The second kappa shape index (κ2) is 18.6. The lowest BCUT2D eigenvalue weighted by Crippen LogP contribution is -2.52.